The zero-order valence-corrected chi connectivity index (χ0v) is 18.9. The minimum absolute atomic E-state index is 0.438. The lowest BCUT2D eigenvalue weighted by Crippen LogP contribution is -1.97. The van der Waals surface area contributed by atoms with E-state index >= 15 is 0 Å². The van der Waals surface area contributed by atoms with Crippen LogP contribution < -0.4 is 4.74 Å². The van der Waals surface area contributed by atoms with Gasteiger partial charge in [-0.05, 0) is 104 Å². The standard InChI is InChI=1S/C22H18Br2ClNO/c1-14-6-7-19(8-15(14)2)26-12-17-10-20(23)22(21(24)11-17)27-13-16-4-3-5-18(25)9-16/h3-12H,13H2,1-2H3. The molecule has 0 aliphatic heterocycles. The van der Waals surface area contributed by atoms with Crippen LogP contribution in [0.1, 0.15) is 22.3 Å². The molecule has 5 heteroatoms. The molecule has 0 fully saturated rings. The molecular weight excluding hydrogens is 490 g/mol. The van der Waals surface area contributed by atoms with Gasteiger partial charge in [0.15, 0.2) is 0 Å². The van der Waals surface area contributed by atoms with Crippen LogP contribution in [-0.2, 0) is 6.61 Å². The van der Waals surface area contributed by atoms with Crippen molar-refractivity contribution in [3.05, 3.63) is 90.8 Å². The summed E-state index contributed by atoms with van der Waals surface area (Å²) in [7, 11) is 0. The molecular formula is C22H18Br2ClNO. The maximum absolute atomic E-state index is 6.02. The van der Waals surface area contributed by atoms with Crippen LogP contribution in [0.5, 0.6) is 5.75 Å². The third-order valence-electron chi connectivity index (χ3n) is 4.15. The van der Waals surface area contributed by atoms with E-state index in [0.717, 1.165) is 31.5 Å². The van der Waals surface area contributed by atoms with Crippen molar-refractivity contribution in [3.63, 3.8) is 0 Å². The predicted octanol–water partition coefficient (Wildman–Crippen LogP) is 7.81. The number of nitrogens with zero attached hydrogens (tertiary/aromatic N) is 1. The second kappa shape index (κ2) is 9.05. The Kier molecular flexibility index (Phi) is 6.74. The Hall–Kier alpha value is -1.62. The quantitative estimate of drug-likeness (QED) is 0.323. The topological polar surface area (TPSA) is 21.6 Å². The molecule has 0 aromatic heterocycles. The summed E-state index contributed by atoms with van der Waals surface area (Å²) in [6.07, 6.45) is 1.85. The third-order valence-corrected chi connectivity index (χ3v) is 5.56. The van der Waals surface area contributed by atoms with E-state index in [1.807, 2.05) is 48.7 Å². The molecule has 27 heavy (non-hydrogen) atoms. The minimum Gasteiger partial charge on any atom is -0.487 e. The highest BCUT2D eigenvalue weighted by molar-refractivity contribution is 9.11. The highest BCUT2D eigenvalue weighted by Gasteiger charge is 2.09. The lowest BCUT2D eigenvalue weighted by Gasteiger charge is -2.11. The molecule has 0 aliphatic rings. The van der Waals surface area contributed by atoms with E-state index in [1.165, 1.54) is 11.1 Å². The fourth-order valence-electron chi connectivity index (χ4n) is 2.53. The van der Waals surface area contributed by atoms with Crippen molar-refractivity contribution in [2.45, 2.75) is 20.5 Å². The van der Waals surface area contributed by atoms with Crippen LogP contribution in [-0.4, -0.2) is 6.21 Å². The van der Waals surface area contributed by atoms with Crippen molar-refractivity contribution < 1.29 is 4.74 Å². The number of halogens is 3. The Balaban J connectivity index is 1.75. The van der Waals surface area contributed by atoms with Crippen LogP contribution in [0.2, 0.25) is 5.02 Å². The van der Waals surface area contributed by atoms with Crippen molar-refractivity contribution in [2.75, 3.05) is 0 Å². The molecule has 0 spiro atoms. The number of hydrogen-bond acceptors (Lipinski definition) is 2. The normalized spacial score (nSPS) is 11.1. The van der Waals surface area contributed by atoms with E-state index in [-0.39, 0.29) is 0 Å². The zero-order chi connectivity index (χ0) is 19.4. The SMILES string of the molecule is Cc1ccc(N=Cc2cc(Br)c(OCc3cccc(Cl)c3)c(Br)c2)cc1C. The summed E-state index contributed by atoms with van der Waals surface area (Å²) in [6.45, 7) is 4.63. The van der Waals surface area contributed by atoms with Gasteiger partial charge in [-0.2, -0.15) is 0 Å². The average molecular weight is 508 g/mol. The first-order valence-corrected chi connectivity index (χ1v) is 10.4. The van der Waals surface area contributed by atoms with E-state index in [1.54, 1.807) is 0 Å². The molecule has 3 rings (SSSR count). The molecule has 3 aromatic carbocycles. The number of ether oxygens (including phenoxy) is 1. The number of rotatable bonds is 5. The smallest absolute Gasteiger partial charge is 0.148 e. The molecule has 0 atom stereocenters. The lowest BCUT2D eigenvalue weighted by atomic mass is 10.1. The largest absolute Gasteiger partial charge is 0.487 e. The second-order valence-electron chi connectivity index (χ2n) is 6.26. The van der Waals surface area contributed by atoms with E-state index in [2.05, 4.69) is 62.8 Å². The fraction of sp³-hybridized carbons (Fsp3) is 0.136. The van der Waals surface area contributed by atoms with Gasteiger partial charge in [0.25, 0.3) is 0 Å². The van der Waals surface area contributed by atoms with Crippen molar-refractivity contribution in [2.24, 2.45) is 4.99 Å². The van der Waals surface area contributed by atoms with Crippen LogP contribution in [0, 0.1) is 13.8 Å². The third kappa shape index (κ3) is 5.44. The molecule has 0 radical (unpaired) electrons. The van der Waals surface area contributed by atoms with E-state index < -0.39 is 0 Å². The average Bonchev–Trinajstić information content (AvgIpc) is 2.62. The van der Waals surface area contributed by atoms with Gasteiger partial charge >= 0.3 is 0 Å². The highest BCUT2D eigenvalue weighted by Crippen LogP contribution is 2.35. The van der Waals surface area contributed by atoms with Gasteiger partial charge in [0.2, 0.25) is 0 Å². The first-order valence-electron chi connectivity index (χ1n) is 8.40. The van der Waals surface area contributed by atoms with Gasteiger partial charge in [-0.1, -0.05) is 29.8 Å². The molecule has 0 aliphatic carbocycles. The number of hydrogen-bond donors (Lipinski definition) is 0. The van der Waals surface area contributed by atoms with E-state index in [4.69, 9.17) is 16.3 Å². The van der Waals surface area contributed by atoms with Gasteiger partial charge in [0.05, 0.1) is 14.6 Å². The van der Waals surface area contributed by atoms with Crippen LogP contribution in [0.3, 0.4) is 0 Å². The Morgan fingerprint density at radius 1 is 0.963 bits per heavy atom. The molecule has 0 N–H and O–H groups in total. The maximum atomic E-state index is 6.02. The van der Waals surface area contributed by atoms with E-state index in [0.29, 0.717) is 11.6 Å². The van der Waals surface area contributed by atoms with Crippen molar-refractivity contribution in [1.82, 2.24) is 0 Å². The zero-order valence-electron chi connectivity index (χ0n) is 15.0. The molecule has 0 bridgehead atoms. The first-order chi connectivity index (χ1) is 12.9. The predicted molar refractivity (Wildman–Crippen MR) is 121 cm³/mol. The highest BCUT2D eigenvalue weighted by atomic mass is 79.9. The van der Waals surface area contributed by atoms with Gasteiger partial charge < -0.3 is 4.74 Å². The molecule has 0 saturated heterocycles. The number of aryl methyl sites for hydroxylation is 2. The summed E-state index contributed by atoms with van der Waals surface area (Å²) >= 11 is 13.2. The first kappa shape index (κ1) is 20.1. The van der Waals surface area contributed by atoms with Crippen molar-refractivity contribution in [1.29, 1.82) is 0 Å². The Bertz CT molecular complexity index is 978. The molecule has 0 saturated carbocycles. The van der Waals surface area contributed by atoms with Gasteiger partial charge in [0.1, 0.15) is 12.4 Å². The van der Waals surface area contributed by atoms with Gasteiger partial charge in [0, 0.05) is 11.2 Å². The van der Waals surface area contributed by atoms with Crippen LogP contribution >= 0.6 is 43.5 Å². The number of aliphatic imine (C=N–C) groups is 1. The minimum atomic E-state index is 0.438. The number of benzene rings is 3. The van der Waals surface area contributed by atoms with Crippen LogP contribution in [0.25, 0.3) is 0 Å². The summed E-state index contributed by atoms with van der Waals surface area (Å²) in [4.78, 5) is 4.57. The summed E-state index contributed by atoms with van der Waals surface area (Å²) in [5.41, 5.74) is 5.42. The van der Waals surface area contributed by atoms with Gasteiger partial charge in [-0.25, -0.2) is 0 Å². The van der Waals surface area contributed by atoms with E-state index in [9.17, 15) is 0 Å². The molecule has 0 unspecified atom stereocenters. The molecule has 0 amide bonds. The second-order valence-corrected chi connectivity index (χ2v) is 8.40. The van der Waals surface area contributed by atoms with Crippen LogP contribution in [0.4, 0.5) is 5.69 Å². The Morgan fingerprint density at radius 2 is 1.70 bits per heavy atom. The van der Waals surface area contributed by atoms with Crippen molar-refractivity contribution in [3.8, 4) is 5.75 Å². The maximum Gasteiger partial charge on any atom is 0.148 e. The summed E-state index contributed by atoms with van der Waals surface area (Å²) in [5, 5.41) is 0.701. The summed E-state index contributed by atoms with van der Waals surface area (Å²) in [5.74, 6) is 0.748. The summed E-state index contributed by atoms with van der Waals surface area (Å²) < 4.78 is 7.68. The summed E-state index contributed by atoms with van der Waals surface area (Å²) in [6, 6.07) is 17.8. The Labute approximate surface area is 181 Å². The van der Waals surface area contributed by atoms with Gasteiger partial charge in [-0.3, -0.25) is 4.99 Å². The molecule has 0 heterocycles. The Morgan fingerprint density at radius 3 is 2.37 bits per heavy atom. The monoisotopic (exact) mass is 505 g/mol. The van der Waals surface area contributed by atoms with Crippen molar-refractivity contribution >= 4 is 55.4 Å². The van der Waals surface area contributed by atoms with Crippen LogP contribution in [0.15, 0.2) is 68.5 Å². The van der Waals surface area contributed by atoms with Gasteiger partial charge in [-0.15, -0.1) is 0 Å². The lowest BCUT2D eigenvalue weighted by molar-refractivity contribution is 0.302. The molecule has 3 aromatic rings. The fourth-order valence-corrected chi connectivity index (χ4v) is 4.19. The molecule has 138 valence electrons. The molecule has 2 nitrogen and oxygen atoms in total.